The van der Waals surface area contributed by atoms with E-state index in [4.69, 9.17) is 4.55 Å². The van der Waals surface area contributed by atoms with Crippen molar-refractivity contribution in [2.75, 3.05) is 6.54 Å². The third-order valence-electron chi connectivity index (χ3n) is 2.39. The van der Waals surface area contributed by atoms with Crippen LogP contribution in [0.3, 0.4) is 0 Å². The molecule has 1 aromatic rings. The highest BCUT2D eigenvalue weighted by atomic mass is 32.2. The molecule has 0 spiro atoms. The predicted molar refractivity (Wildman–Crippen MR) is 65.6 cm³/mol. The van der Waals surface area contributed by atoms with Crippen LogP contribution in [0.5, 0.6) is 5.88 Å². The molecule has 1 rings (SSSR count). The highest BCUT2D eigenvalue weighted by molar-refractivity contribution is 7.86. The number of aryl methyl sites for hydroxylation is 1. The lowest BCUT2D eigenvalue weighted by atomic mass is 10.3. The van der Waals surface area contributed by atoms with Crippen LogP contribution in [0.4, 0.5) is 0 Å². The number of nitrogens with zero attached hydrogens (tertiary/aromatic N) is 1. The molecule has 1 heterocycles. The summed E-state index contributed by atoms with van der Waals surface area (Å²) in [5, 5.41) is 12.2. The molecule has 0 aromatic carbocycles. The quantitative estimate of drug-likeness (QED) is 0.626. The molecule has 9 heteroatoms. The Morgan fingerprint density at radius 1 is 1.47 bits per heavy atom. The number of aromatic hydroxyl groups is 1. The SMILES string of the molecule is CC(=O)NCCn1c(O)c(S(=O)(=O)O)c(C)cc1=O. The van der Waals surface area contributed by atoms with E-state index < -0.39 is 26.5 Å². The minimum Gasteiger partial charge on any atom is -0.493 e. The number of hydrogen-bond donors (Lipinski definition) is 3. The maximum absolute atomic E-state index is 11.6. The van der Waals surface area contributed by atoms with Gasteiger partial charge in [0.05, 0.1) is 0 Å². The summed E-state index contributed by atoms with van der Waals surface area (Å²) >= 11 is 0. The van der Waals surface area contributed by atoms with Crippen LogP contribution in [0.15, 0.2) is 15.8 Å². The van der Waals surface area contributed by atoms with E-state index in [1.165, 1.54) is 13.8 Å². The Labute approximate surface area is 109 Å². The summed E-state index contributed by atoms with van der Waals surface area (Å²) in [6.45, 7) is 2.48. The highest BCUT2D eigenvalue weighted by Crippen LogP contribution is 2.23. The molecule has 0 aliphatic heterocycles. The minimum atomic E-state index is -4.64. The van der Waals surface area contributed by atoms with Crippen molar-refractivity contribution in [1.82, 2.24) is 9.88 Å². The average molecular weight is 290 g/mol. The van der Waals surface area contributed by atoms with E-state index in [2.05, 4.69) is 5.32 Å². The maximum atomic E-state index is 11.6. The first kappa shape index (κ1) is 15.2. The lowest BCUT2D eigenvalue weighted by Crippen LogP contribution is -2.30. The summed E-state index contributed by atoms with van der Waals surface area (Å²) in [6, 6.07) is 0.983. The number of carbonyl (C=O) groups is 1. The first-order valence-electron chi connectivity index (χ1n) is 5.30. The topological polar surface area (TPSA) is 126 Å². The Morgan fingerprint density at radius 3 is 2.53 bits per heavy atom. The van der Waals surface area contributed by atoms with Gasteiger partial charge in [0.25, 0.3) is 15.7 Å². The summed E-state index contributed by atoms with van der Waals surface area (Å²) in [5.41, 5.74) is -0.687. The molecule has 106 valence electrons. The van der Waals surface area contributed by atoms with Crippen molar-refractivity contribution in [2.24, 2.45) is 0 Å². The molecule has 0 saturated heterocycles. The molecule has 0 unspecified atom stereocenters. The molecule has 1 aromatic heterocycles. The zero-order valence-corrected chi connectivity index (χ0v) is 11.2. The smallest absolute Gasteiger partial charge is 0.300 e. The van der Waals surface area contributed by atoms with Crippen LogP contribution >= 0.6 is 0 Å². The number of rotatable bonds is 4. The summed E-state index contributed by atoms with van der Waals surface area (Å²) in [4.78, 5) is 21.6. The highest BCUT2D eigenvalue weighted by Gasteiger charge is 2.22. The fourth-order valence-corrected chi connectivity index (χ4v) is 2.42. The molecule has 0 bridgehead atoms. The zero-order chi connectivity index (χ0) is 14.8. The van der Waals surface area contributed by atoms with Crippen molar-refractivity contribution >= 4 is 16.0 Å². The fourth-order valence-electron chi connectivity index (χ4n) is 1.61. The number of nitrogens with one attached hydrogen (secondary N) is 1. The van der Waals surface area contributed by atoms with Gasteiger partial charge in [0, 0.05) is 26.1 Å². The van der Waals surface area contributed by atoms with Crippen LogP contribution in [0.1, 0.15) is 12.5 Å². The van der Waals surface area contributed by atoms with E-state index in [9.17, 15) is 23.1 Å². The summed E-state index contributed by atoms with van der Waals surface area (Å²) in [5.74, 6) is -1.17. The Balaban J connectivity index is 3.27. The van der Waals surface area contributed by atoms with Crippen molar-refractivity contribution in [3.05, 3.63) is 22.0 Å². The van der Waals surface area contributed by atoms with Crippen LogP contribution in [-0.4, -0.2) is 35.1 Å². The van der Waals surface area contributed by atoms with Gasteiger partial charge in [-0.2, -0.15) is 8.42 Å². The molecule has 0 saturated carbocycles. The Kier molecular flexibility index (Phi) is 4.32. The lowest BCUT2D eigenvalue weighted by Gasteiger charge is -2.12. The third kappa shape index (κ3) is 3.55. The molecule has 8 nitrogen and oxygen atoms in total. The Morgan fingerprint density at radius 2 is 2.05 bits per heavy atom. The van der Waals surface area contributed by atoms with E-state index in [0.29, 0.717) is 0 Å². The van der Waals surface area contributed by atoms with Gasteiger partial charge >= 0.3 is 0 Å². The minimum absolute atomic E-state index is 0.0385. The third-order valence-corrected chi connectivity index (χ3v) is 3.41. The van der Waals surface area contributed by atoms with Crippen LogP contribution < -0.4 is 10.9 Å². The lowest BCUT2D eigenvalue weighted by molar-refractivity contribution is -0.119. The van der Waals surface area contributed by atoms with Crippen LogP contribution in [0.25, 0.3) is 0 Å². The van der Waals surface area contributed by atoms with Gasteiger partial charge in [-0.3, -0.25) is 18.7 Å². The molecule has 3 N–H and O–H groups in total. The standard InChI is InChI=1S/C10H14N2O6S/c1-6-5-8(14)12(4-3-11-7(2)13)10(15)9(6)19(16,17)18/h5,15H,3-4H2,1-2H3,(H,11,13)(H,16,17,18). The van der Waals surface area contributed by atoms with E-state index in [-0.39, 0.29) is 24.6 Å². The number of amides is 1. The fraction of sp³-hybridized carbons (Fsp3) is 0.400. The Hall–Kier alpha value is -1.87. The van der Waals surface area contributed by atoms with Crippen LogP contribution in [-0.2, 0) is 21.5 Å². The predicted octanol–water partition coefficient (Wildman–Crippen LogP) is -0.755. The van der Waals surface area contributed by atoms with Gasteiger partial charge < -0.3 is 10.4 Å². The van der Waals surface area contributed by atoms with Crippen molar-refractivity contribution in [3.63, 3.8) is 0 Å². The molecular weight excluding hydrogens is 276 g/mol. The van der Waals surface area contributed by atoms with Crippen molar-refractivity contribution in [3.8, 4) is 5.88 Å². The molecule has 0 atom stereocenters. The normalized spacial score (nSPS) is 11.3. The van der Waals surface area contributed by atoms with E-state index >= 15 is 0 Å². The van der Waals surface area contributed by atoms with Gasteiger partial charge in [0.15, 0.2) is 4.90 Å². The number of carbonyl (C=O) groups excluding carboxylic acids is 1. The van der Waals surface area contributed by atoms with Gasteiger partial charge in [-0.1, -0.05) is 0 Å². The van der Waals surface area contributed by atoms with Crippen molar-refractivity contribution < 1.29 is 22.9 Å². The number of pyridine rings is 1. The number of hydrogen-bond acceptors (Lipinski definition) is 5. The summed E-state index contributed by atoms with van der Waals surface area (Å²) in [7, 11) is -4.64. The van der Waals surface area contributed by atoms with Crippen LogP contribution in [0.2, 0.25) is 0 Å². The van der Waals surface area contributed by atoms with E-state index in [0.717, 1.165) is 10.6 Å². The second-order valence-electron chi connectivity index (χ2n) is 3.93. The molecule has 0 aliphatic rings. The van der Waals surface area contributed by atoms with Crippen LogP contribution in [0, 0.1) is 6.92 Å². The number of aromatic nitrogens is 1. The summed E-state index contributed by atoms with van der Waals surface area (Å²) in [6.07, 6.45) is 0. The van der Waals surface area contributed by atoms with E-state index in [1.54, 1.807) is 0 Å². The van der Waals surface area contributed by atoms with Crippen molar-refractivity contribution in [2.45, 2.75) is 25.3 Å². The summed E-state index contributed by atoms with van der Waals surface area (Å²) < 4.78 is 32.0. The van der Waals surface area contributed by atoms with Gasteiger partial charge in [0.2, 0.25) is 11.8 Å². The molecular formula is C10H14N2O6S. The zero-order valence-electron chi connectivity index (χ0n) is 10.4. The van der Waals surface area contributed by atoms with Gasteiger partial charge in [-0.25, -0.2) is 0 Å². The van der Waals surface area contributed by atoms with Gasteiger partial charge in [-0.05, 0) is 12.5 Å². The maximum Gasteiger partial charge on any atom is 0.300 e. The first-order chi connectivity index (χ1) is 8.64. The molecule has 19 heavy (non-hydrogen) atoms. The molecule has 0 aliphatic carbocycles. The molecule has 1 amide bonds. The Bertz CT molecular complexity index is 661. The second-order valence-corrected chi connectivity index (χ2v) is 5.29. The monoisotopic (exact) mass is 290 g/mol. The van der Waals surface area contributed by atoms with Gasteiger partial charge in [0.1, 0.15) is 0 Å². The first-order valence-corrected chi connectivity index (χ1v) is 6.74. The molecule has 0 radical (unpaired) electrons. The molecule has 0 fully saturated rings. The van der Waals surface area contributed by atoms with Gasteiger partial charge in [-0.15, -0.1) is 0 Å². The second kappa shape index (κ2) is 5.41. The average Bonchev–Trinajstić information content (AvgIpc) is 2.19. The van der Waals surface area contributed by atoms with Crippen molar-refractivity contribution in [1.29, 1.82) is 0 Å². The van der Waals surface area contributed by atoms with E-state index in [1.807, 2.05) is 0 Å². The largest absolute Gasteiger partial charge is 0.493 e.